The first kappa shape index (κ1) is 25.8. The van der Waals surface area contributed by atoms with Gasteiger partial charge in [-0.25, -0.2) is 0 Å². The second-order valence-corrected chi connectivity index (χ2v) is 7.56. The maximum absolute atomic E-state index is 10.6. The molecule has 4 unspecified atom stereocenters. The van der Waals surface area contributed by atoms with Crippen molar-refractivity contribution in [2.75, 3.05) is 33.0 Å². The van der Waals surface area contributed by atoms with E-state index < -0.39 is 12.4 Å². The van der Waals surface area contributed by atoms with Crippen molar-refractivity contribution < 1.29 is 28.8 Å². The number of aliphatic hydroxyl groups excluding tert-OH is 1. The van der Waals surface area contributed by atoms with Crippen LogP contribution in [0, 0.1) is 0 Å². The molecule has 1 saturated heterocycles. The molecule has 0 aromatic rings. The zero-order valence-corrected chi connectivity index (χ0v) is 18.6. The second-order valence-electron chi connectivity index (χ2n) is 7.56. The molecule has 6 heteroatoms. The first-order chi connectivity index (χ1) is 13.7. The van der Waals surface area contributed by atoms with Gasteiger partial charge in [0, 0.05) is 26.4 Å². The Labute approximate surface area is 172 Å². The molecular weight excluding hydrogens is 360 g/mol. The minimum absolute atomic E-state index is 0.306. The fourth-order valence-electron chi connectivity index (χ4n) is 3.13. The topological polar surface area (TPSA) is 66.4 Å². The van der Waals surface area contributed by atoms with Crippen LogP contribution in [0.3, 0.4) is 0 Å². The Morgan fingerprint density at radius 2 is 1.11 bits per heavy atom. The van der Waals surface area contributed by atoms with E-state index in [1.807, 2.05) is 0 Å². The van der Waals surface area contributed by atoms with Crippen molar-refractivity contribution in [1.29, 1.82) is 0 Å². The van der Waals surface area contributed by atoms with Crippen molar-refractivity contribution >= 4 is 0 Å². The summed E-state index contributed by atoms with van der Waals surface area (Å²) in [6.45, 7) is 11.5. The maximum Gasteiger partial charge on any atom is 0.184 e. The van der Waals surface area contributed by atoms with Gasteiger partial charge >= 0.3 is 0 Å². The average Bonchev–Trinajstić information content (AvgIpc) is 2.69. The molecule has 0 aromatic carbocycles. The van der Waals surface area contributed by atoms with Gasteiger partial charge in [0.15, 0.2) is 6.29 Å². The van der Waals surface area contributed by atoms with Crippen molar-refractivity contribution in [3.05, 3.63) is 0 Å². The molecule has 168 valence electrons. The normalized spacial score (nSPS) is 28.0. The third-order valence-corrected chi connectivity index (χ3v) is 4.96. The summed E-state index contributed by atoms with van der Waals surface area (Å²) in [5, 5.41) is 10.6. The highest BCUT2D eigenvalue weighted by Gasteiger charge is 2.47. The van der Waals surface area contributed by atoms with E-state index in [0.29, 0.717) is 33.0 Å². The van der Waals surface area contributed by atoms with Crippen molar-refractivity contribution in [1.82, 2.24) is 0 Å². The third kappa shape index (κ3) is 9.51. The van der Waals surface area contributed by atoms with E-state index in [0.717, 1.165) is 51.4 Å². The number of rotatable bonds is 17. The van der Waals surface area contributed by atoms with E-state index in [1.165, 1.54) is 0 Å². The Hall–Kier alpha value is -0.240. The molecule has 5 atom stereocenters. The van der Waals surface area contributed by atoms with Crippen molar-refractivity contribution in [2.45, 2.75) is 110 Å². The maximum atomic E-state index is 10.6. The molecule has 1 fully saturated rings. The number of hydrogen-bond acceptors (Lipinski definition) is 6. The van der Waals surface area contributed by atoms with Crippen LogP contribution in [0.15, 0.2) is 0 Å². The largest absolute Gasteiger partial charge is 0.379 e. The minimum Gasteiger partial charge on any atom is -0.379 e. The highest BCUT2D eigenvalue weighted by atomic mass is 16.7. The fourth-order valence-corrected chi connectivity index (χ4v) is 3.13. The Morgan fingerprint density at radius 1 is 0.643 bits per heavy atom. The van der Waals surface area contributed by atoms with Crippen molar-refractivity contribution in [2.24, 2.45) is 0 Å². The molecule has 1 aliphatic rings. The zero-order valence-electron chi connectivity index (χ0n) is 18.6. The van der Waals surface area contributed by atoms with Gasteiger partial charge in [-0.15, -0.1) is 0 Å². The lowest BCUT2D eigenvalue weighted by Crippen LogP contribution is -2.61. The van der Waals surface area contributed by atoms with E-state index in [9.17, 15) is 5.11 Å². The van der Waals surface area contributed by atoms with Gasteiger partial charge in [-0.2, -0.15) is 0 Å². The van der Waals surface area contributed by atoms with Gasteiger partial charge in [-0.05, 0) is 25.7 Å². The van der Waals surface area contributed by atoms with Gasteiger partial charge in [0.2, 0.25) is 0 Å². The molecule has 1 aliphatic heterocycles. The van der Waals surface area contributed by atoms with E-state index in [4.69, 9.17) is 23.7 Å². The Kier molecular flexibility index (Phi) is 15.2. The van der Waals surface area contributed by atoms with E-state index in [2.05, 4.69) is 27.7 Å². The molecule has 1 N–H and O–H groups in total. The predicted molar refractivity (Wildman–Crippen MR) is 111 cm³/mol. The zero-order chi connectivity index (χ0) is 20.6. The van der Waals surface area contributed by atoms with Gasteiger partial charge < -0.3 is 28.8 Å². The summed E-state index contributed by atoms with van der Waals surface area (Å²) in [6.07, 6.45) is 5.53. The number of unbranched alkanes of at least 4 members (excludes halogenated alkanes) is 4. The summed E-state index contributed by atoms with van der Waals surface area (Å²) in [6, 6.07) is 0. The number of ether oxygens (including phenoxy) is 5. The van der Waals surface area contributed by atoms with Crippen molar-refractivity contribution in [3.63, 3.8) is 0 Å². The van der Waals surface area contributed by atoms with Crippen LogP contribution in [0.1, 0.15) is 79.1 Å². The first-order valence-electron chi connectivity index (χ1n) is 11.5. The highest BCUT2D eigenvalue weighted by molar-refractivity contribution is 4.92. The Balaban J connectivity index is 2.84. The quantitative estimate of drug-likeness (QED) is 0.369. The molecule has 0 aromatic heterocycles. The molecule has 0 bridgehead atoms. The van der Waals surface area contributed by atoms with Crippen LogP contribution < -0.4 is 0 Å². The first-order valence-corrected chi connectivity index (χ1v) is 11.5. The second kappa shape index (κ2) is 16.5. The fraction of sp³-hybridized carbons (Fsp3) is 1.00. The lowest BCUT2D eigenvalue weighted by atomic mass is 9.98. The SMILES string of the molecule is CCCCOCC1OC(O)[C@H](OCCCC)C(OCCCC)C1OCCCC. The molecule has 1 rings (SSSR count). The summed E-state index contributed by atoms with van der Waals surface area (Å²) in [5.74, 6) is 0. The molecule has 0 amide bonds. The van der Waals surface area contributed by atoms with Gasteiger partial charge in [-0.3, -0.25) is 0 Å². The van der Waals surface area contributed by atoms with Gasteiger partial charge in [-0.1, -0.05) is 53.4 Å². The van der Waals surface area contributed by atoms with E-state index >= 15 is 0 Å². The lowest BCUT2D eigenvalue weighted by molar-refractivity contribution is -0.312. The van der Waals surface area contributed by atoms with Crippen LogP contribution in [0.25, 0.3) is 0 Å². The lowest BCUT2D eigenvalue weighted by Gasteiger charge is -2.44. The van der Waals surface area contributed by atoms with Gasteiger partial charge in [0.05, 0.1) is 6.61 Å². The highest BCUT2D eigenvalue weighted by Crippen LogP contribution is 2.28. The molecule has 0 radical (unpaired) electrons. The minimum atomic E-state index is -1.03. The molecule has 0 aliphatic carbocycles. The van der Waals surface area contributed by atoms with Gasteiger partial charge in [0.25, 0.3) is 0 Å². The predicted octanol–water partition coefficient (Wildman–Crippen LogP) is 4.08. The van der Waals surface area contributed by atoms with Crippen LogP contribution >= 0.6 is 0 Å². The molecular formula is C22H44O6. The smallest absolute Gasteiger partial charge is 0.184 e. The summed E-state index contributed by atoms with van der Waals surface area (Å²) in [7, 11) is 0. The molecule has 1 heterocycles. The van der Waals surface area contributed by atoms with Gasteiger partial charge in [0.1, 0.15) is 24.4 Å². The van der Waals surface area contributed by atoms with Crippen LogP contribution in [-0.4, -0.2) is 68.8 Å². The summed E-state index contributed by atoms with van der Waals surface area (Å²) >= 11 is 0. The van der Waals surface area contributed by atoms with Crippen molar-refractivity contribution in [3.8, 4) is 0 Å². The van der Waals surface area contributed by atoms with Crippen LogP contribution in [0.5, 0.6) is 0 Å². The molecule has 0 spiro atoms. The monoisotopic (exact) mass is 404 g/mol. The van der Waals surface area contributed by atoms with E-state index in [-0.39, 0.29) is 18.3 Å². The Morgan fingerprint density at radius 3 is 1.64 bits per heavy atom. The summed E-state index contributed by atoms with van der Waals surface area (Å²) in [4.78, 5) is 0. The number of hydrogen-bond donors (Lipinski definition) is 1. The summed E-state index contributed by atoms with van der Waals surface area (Å²) in [5.41, 5.74) is 0. The molecule has 28 heavy (non-hydrogen) atoms. The van der Waals surface area contributed by atoms with Crippen LogP contribution in [0.4, 0.5) is 0 Å². The Bertz CT molecular complexity index is 354. The molecule has 0 saturated carbocycles. The third-order valence-electron chi connectivity index (χ3n) is 4.96. The average molecular weight is 405 g/mol. The van der Waals surface area contributed by atoms with Crippen LogP contribution in [0.2, 0.25) is 0 Å². The summed E-state index contributed by atoms with van der Waals surface area (Å²) < 4.78 is 30.1. The molecule has 6 nitrogen and oxygen atoms in total. The standard InChI is InChI=1S/C22H44O6/c1-5-9-13-24-17-18-19(25-14-10-6-2)20(26-15-11-7-3)21(22(23)28-18)27-16-12-8-4/h18-23H,5-17H2,1-4H3/t18?,19?,20?,21-,22?/m1/s1. The van der Waals surface area contributed by atoms with Crippen LogP contribution in [-0.2, 0) is 23.7 Å². The number of aliphatic hydroxyl groups is 1. The van der Waals surface area contributed by atoms with E-state index in [1.54, 1.807) is 0 Å².